The number of carbonyl (C=O) groups excluding carboxylic acids is 1. The fraction of sp³-hybridized carbons (Fsp3) is 0.304. The van der Waals surface area contributed by atoms with Gasteiger partial charge in [-0.15, -0.1) is 0 Å². The van der Waals surface area contributed by atoms with Crippen molar-refractivity contribution in [1.82, 2.24) is 4.57 Å². The zero-order chi connectivity index (χ0) is 19.7. The minimum atomic E-state index is -0.568. The second kappa shape index (κ2) is 7.39. The van der Waals surface area contributed by atoms with Gasteiger partial charge in [-0.3, -0.25) is 14.2 Å². The SMILES string of the molecule is CCC(C(=O)Nc1cccc(C)c1C)n1c(=O)cc(C)c2cccc(C)c21. The molecule has 0 aliphatic rings. The molecule has 0 aliphatic heterocycles. The third-order valence-corrected chi connectivity index (χ3v) is 5.34. The third kappa shape index (κ3) is 3.39. The number of para-hydroxylation sites is 1. The number of nitrogens with zero attached hydrogens (tertiary/aromatic N) is 1. The Labute approximate surface area is 159 Å². The molecule has 3 aromatic rings. The highest BCUT2D eigenvalue weighted by Gasteiger charge is 2.23. The highest BCUT2D eigenvalue weighted by molar-refractivity contribution is 5.96. The summed E-state index contributed by atoms with van der Waals surface area (Å²) in [5, 5.41) is 4.03. The van der Waals surface area contributed by atoms with Gasteiger partial charge in [-0.2, -0.15) is 0 Å². The van der Waals surface area contributed by atoms with E-state index in [-0.39, 0.29) is 11.5 Å². The average Bonchev–Trinajstić information content (AvgIpc) is 2.62. The molecule has 1 heterocycles. The minimum Gasteiger partial charge on any atom is -0.324 e. The number of carbonyl (C=O) groups is 1. The Morgan fingerprint density at radius 1 is 1.00 bits per heavy atom. The predicted octanol–water partition coefficient (Wildman–Crippen LogP) is 4.82. The van der Waals surface area contributed by atoms with Crippen LogP contribution < -0.4 is 10.9 Å². The third-order valence-electron chi connectivity index (χ3n) is 5.34. The van der Waals surface area contributed by atoms with Crippen LogP contribution in [0.4, 0.5) is 5.69 Å². The first-order chi connectivity index (χ1) is 12.8. The lowest BCUT2D eigenvalue weighted by molar-refractivity contribution is -0.119. The molecule has 1 amide bonds. The van der Waals surface area contributed by atoms with Crippen LogP contribution in [0.2, 0.25) is 0 Å². The number of anilines is 1. The van der Waals surface area contributed by atoms with Crippen LogP contribution in [0.1, 0.15) is 41.6 Å². The monoisotopic (exact) mass is 362 g/mol. The second-order valence-electron chi connectivity index (χ2n) is 7.17. The number of nitrogens with one attached hydrogen (secondary N) is 1. The first kappa shape index (κ1) is 18.9. The number of fused-ring (bicyclic) bond motifs is 1. The Balaban J connectivity index is 2.12. The summed E-state index contributed by atoms with van der Waals surface area (Å²) >= 11 is 0. The van der Waals surface area contributed by atoms with E-state index in [1.54, 1.807) is 10.6 Å². The van der Waals surface area contributed by atoms with Gasteiger partial charge in [0.15, 0.2) is 0 Å². The van der Waals surface area contributed by atoms with E-state index in [1.165, 1.54) is 0 Å². The summed E-state index contributed by atoms with van der Waals surface area (Å²) in [6.45, 7) is 9.86. The van der Waals surface area contributed by atoms with E-state index in [0.29, 0.717) is 6.42 Å². The van der Waals surface area contributed by atoms with Crippen LogP contribution in [0.15, 0.2) is 47.3 Å². The molecule has 3 rings (SSSR count). The van der Waals surface area contributed by atoms with Crippen LogP contribution in [0.5, 0.6) is 0 Å². The normalized spacial score (nSPS) is 12.2. The molecule has 1 aromatic heterocycles. The molecule has 0 saturated carbocycles. The van der Waals surface area contributed by atoms with Crippen molar-refractivity contribution < 1.29 is 4.79 Å². The van der Waals surface area contributed by atoms with Crippen LogP contribution in [0.25, 0.3) is 10.9 Å². The van der Waals surface area contributed by atoms with Crippen LogP contribution >= 0.6 is 0 Å². The smallest absolute Gasteiger partial charge is 0.252 e. The molecule has 0 bridgehead atoms. The van der Waals surface area contributed by atoms with Crippen molar-refractivity contribution >= 4 is 22.5 Å². The molecule has 4 heteroatoms. The zero-order valence-corrected chi connectivity index (χ0v) is 16.6. The number of pyridine rings is 1. The fourth-order valence-electron chi connectivity index (χ4n) is 3.64. The van der Waals surface area contributed by atoms with Gasteiger partial charge in [0, 0.05) is 17.1 Å². The molecule has 0 radical (unpaired) electrons. The highest BCUT2D eigenvalue weighted by Crippen LogP contribution is 2.26. The molecule has 27 heavy (non-hydrogen) atoms. The van der Waals surface area contributed by atoms with E-state index in [4.69, 9.17) is 0 Å². The minimum absolute atomic E-state index is 0.141. The van der Waals surface area contributed by atoms with Gasteiger partial charge >= 0.3 is 0 Å². The topological polar surface area (TPSA) is 51.1 Å². The molecular weight excluding hydrogens is 336 g/mol. The van der Waals surface area contributed by atoms with E-state index in [1.807, 2.05) is 71.0 Å². The Morgan fingerprint density at radius 2 is 1.67 bits per heavy atom. The Hall–Kier alpha value is -2.88. The summed E-state index contributed by atoms with van der Waals surface area (Å²) < 4.78 is 1.65. The summed E-state index contributed by atoms with van der Waals surface area (Å²) in [4.78, 5) is 26.0. The quantitative estimate of drug-likeness (QED) is 0.723. The van der Waals surface area contributed by atoms with Crippen molar-refractivity contribution in [3.63, 3.8) is 0 Å². The number of hydrogen-bond acceptors (Lipinski definition) is 2. The average molecular weight is 362 g/mol. The fourth-order valence-corrected chi connectivity index (χ4v) is 3.64. The van der Waals surface area contributed by atoms with E-state index in [0.717, 1.165) is 38.8 Å². The van der Waals surface area contributed by atoms with Gasteiger partial charge in [-0.1, -0.05) is 37.3 Å². The second-order valence-corrected chi connectivity index (χ2v) is 7.17. The Kier molecular flexibility index (Phi) is 5.17. The van der Waals surface area contributed by atoms with Crippen molar-refractivity contribution in [2.24, 2.45) is 0 Å². The molecule has 1 N–H and O–H groups in total. The van der Waals surface area contributed by atoms with Crippen LogP contribution in [0, 0.1) is 27.7 Å². The summed E-state index contributed by atoms with van der Waals surface area (Å²) in [6.07, 6.45) is 0.531. The molecule has 1 atom stereocenters. The number of aromatic nitrogens is 1. The van der Waals surface area contributed by atoms with Gasteiger partial charge in [0.1, 0.15) is 6.04 Å². The lowest BCUT2D eigenvalue weighted by Gasteiger charge is -2.22. The predicted molar refractivity (Wildman–Crippen MR) is 112 cm³/mol. The largest absolute Gasteiger partial charge is 0.324 e. The van der Waals surface area contributed by atoms with Gasteiger partial charge in [0.2, 0.25) is 5.91 Å². The number of amides is 1. The summed E-state index contributed by atoms with van der Waals surface area (Å²) in [5.41, 5.74) is 5.57. The summed E-state index contributed by atoms with van der Waals surface area (Å²) in [6, 6.07) is 12.9. The van der Waals surface area contributed by atoms with E-state index >= 15 is 0 Å². The van der Waals surface area contributed by atoms with Gasteiger partial charge in [0.05, 0.1) is 5.52 Å². The number of hydrogen-bond donors (Lipinski definition) is 1. The van der Waals surface area contributed by atoms with Crippen molar-refractivity contribution in [3.8, 4) is 0 Å². The van der Waals surface area contributed by atoms with Crippen molar-refractivity contribution in [2.75, 3.05) is 5.32 Å². The first-order valence-electron chi connectivity index (χ1n) is 9.33. The molecule has 4 nitrogen and oxygen atoms in total. The number of rotatable bonds is 4. The summed E-state index contributed by atoms with van der Waals surface area (Å²) in [7, 11) is 0. The molecule has 0 aliphatic carbocycles. The molecule has 140 valence electrons. The van der Waals surface area contributed by atoms with Crippen LogP contribution in [-0.4, -0.2) is 10.5 Å². The molecule has 0 fully saturated rings. The van der Waals surface area contributed by atoms with E-state index < -0.39 is 6.04 Å². The zero-order valence-electron chi connectivity index (χ0n) is 16.6. The number of benzene rings is 2. The Morgan fingerprint density at radius 3 is 2.37 bits per heavy atom. The Bertz CT molecular complexity index is 1080. The molecule has 0 saturated heterocycles. The van der Waals surface area contributed by atoms with Crippen molar-refractivity contribution in [3.05, 3.63) is 75.1 Å². The maximum Gasteiger partial charge on any atom is 0.252 e. The standard InChI is InChI=1S/C23H26N2O2/c1-6-20(23(27)24-19-12-8-9-14(2)17(19)5)25-21(26)13-16(4)18-11-7-10-15(3)22(18)25/h7-13,20H,6H2,1-5H3,(H,24,27). The molecule has 1 unspecified atom stereocenters. The number of aryl methyl sites for hydroxylation is 3. The molecule has 2 aromatic carbocycles. The van der Waals surface area contributed by atoms with Gasteiger partial charge in [-0.05, 0) is 62.4 Å². The van der Waals surface area contributed by atoms with Crippen molar-refractivity contribution in [1.29, 1.82) is 0 Å². The first-order valence-corrected chi connectivity index (χ1v) is 9.33. The molecular formula is C23H26N2O2. The van der Waals surface area contributed by atoms with Gasteiger partial charge in [-0.25, -0.2) is 0 Å². The van der Waals surface area contributed by atoms with Gasteiger partial charge < -0.3 is 5.32 Å². The van der Waals surface area contributed by atoms with Crippen LogP contribution in [0.3, 0.4) is 0 Å². The van der Waals surface area contributed by atoms with Gasteiger partial charge in [0.25, 0.3) is 5.56 Å². The van der Waals surface area contributed by atoms with E-state index in [9.17, 15) is 9.59 Å². The maximum absolute atomic E-state index is 13.1. The summed E-state index contributed by atoms with van der Waals surface area (Å²) in [5.74, 6) is -0.165. The molecule has 0 spiro atoms. The van der Waals surface area contributed by atoms with Crippen LogP contribution in [-0.2, 0) is 4.79 Å². The highest BCUT2D eigenvalue weighted by atomic mass is 16.2. The lowest BCUT2D eigenvalue weighted by atomic mass is 10.0. The lowest BCUT2D eigenvalue weighted by Crippen LogP contribution is -2.33. The van der Waals surface area contributed by atoms with Crippen molar-refractivity contribution in [2.45, 2.75) is 47.1 Å². The maximum atomic E-state index is 13.1. The van der Waals surface area contributed by atoms with E-state index in [2.05, 4.69) is 5.32 Å².